The molecule has 0 saturated carbocycles. The van der Waals surface area contributed by atoms with Crippen LogP contribution in [0.1, 0.15) is 31.3 Å². The van der Waals surface area contributed by atoms with E-state index >= 15 is 0 Å². The largest absolute Gasteiger partial charge is 0.451 e. The number of para-hydroxylation sites is 1. The van der Waals surface area contributed by atoms with Crippen LogP contribution in [0.2, 0.25) is 0 Å². The van der Waals surface area contributed by atoms with Crippen LogP contribution < -0.4 is 10.7 Å². The summed E-state index contributed by atoms with van der Waals surface area (Å²) in [6.07, 6.45) is -0.737. The van der Waals surface area contributed by atoms with E-state index in [-0.39, 0.29) is 11.2 Å². The average Bonchev–Trinajstić information content (AvgIpc) is 2.38. The van der Waals surface area contributed by atoms with E-state index < -0.39 is 17.6 Å². The van der Waals surface area contributed by atoms with E-state index in [4.69, 9.17) is 4.42 Å². The fourth-order valence-corrected chi connectivity index (χ4v) is 1.67. The molecule has 1 aromatic carbocycles. The fraction of sp³-hybridized carbons (Fsp3) is 0.333. The molecule has 1 unspecified atom stereocenters. The summed E-state index contributed by atoms with van der Waals surface area (Å²) >= 11 is 0. The highest BCUT2D eigenvalue weighted by atomic mass is 16.3. The van der Waals surface area contributed by atoms with Crippen molar-refractivity contribution in [3.63, 3.8) is 0 Å². The maximum Gasteiger partial charge on any atom is 0.287 e. The Morgan fingerprint density at radius 2 is 2.00 bits per heavy atom. The molecule has 5 nitrogen and oxygen atoms in total. The number of nitrogens with one attached hydrogen (secondary N) is 1. The number of hydrogen-bond donors (Lipinski definition) is 2. The Hall–Kier alpha value is -2.14. The molecule has 0 aliphatic carbocycles. The maximum absolute atomic E-state index is 12.1. The quantitative estimate of drug-likeness (QED) is 0.893. The number of amides is 1. The van der Waals surface area contributed by atoms with Gasteiger partial charge in [-0.1, -0.05) is 12.1 Å². The Labute approximate surface area is 116 Å². The minimum absolute atomic E-state index is 0.0672. The molecule has 2 rings (SSSR count). The molecular formula is C15H17NO4. The van der Waals surface area contributed by atoms with Crippen molar-refractivity contribution in [1.82, 2.24) is 5.32 Å². The third-order valence-electron chi connectivity index (χ3n) is 3.34. The minimum Gasteiger partial charge on any atom is -0.451 e. The van der Waals surface area contributed by atoms with Gasteiger partial charge in [0, 0.05) is 6.07 Å². The predicted octanol–water partition coefficient (Wildman–Crippen LogP) is 1.68. The highest BCUT2D eigenvalue weighted by molar-refractivity contribution is 5.93. The van der Waals surface area contributed by atoms with Crippen LogP contribution in [-0.2, 0) is 0 Å². The number of aliphatic hydroxyl groups is 1. The van der Waals surface area contributed by atoms with Crippen molar-refractivity contribution in [2.45, 2.75) is 32.4 Å². The molecular weight excluding hydrogens is 258 g/mol. The molecule has 1 atom stereocenters. The van der Waals surface area contributed by atoms with Gasteiger partial charge in [-0.25, -0.2) is 0 Å². The van der Waals surface area contributed by atoms with Gasteiger partial charge in [0.15, 0.2) is 11.2 Å². The molecule has 0 aliphatic rings. The first kappa shape index (κ1) is 14.3. The van der Waals surface area contributed by atoms with Crippen LogP contribution in [-0.4, -0.2) is 22.7 Å². The topological polar surface area (TPSA) is 79.5 Å². The van der Waals surface area contributed by atoms with E-state index in [0.29, 0.717) is 11.0 Å². The number of aliphatic hydroxyl groups excluding tert-OH is 1. The zero-order chi connectivity index (χ0) is 14.9. The first-order chi connectivity index (χ1) is 9.31. The Kier molecular flexibility index (Phi) is 3.63. The standard InChI is InChI=1S/C15H17NO4/c1-9(17)15(2,3)16-14(19)13-8-11(18)10-6-4-5-7-12(10)20-13/h4-9,17H,1-3H3,(H,16,19). The first-order valence-corrected chi connectivity index (χ1v) is 6.35. The van der Waals surface area contributed by atoms with Crippen molar-refractivity contribution in [3.8, 4) is 0 Å². The third kappa shape index (κ3) is 2.72. The molecule has 0 bridgehead atoms. The van der Waals surface area contributed by atoms with Crippen molar-refractivity contribution in [2.75, 3.05) is 0 Å². The molecule has 2 N–H and O–H groups in total. The number of hydrogen-bond acceptors (Lipinski definition) is 4. The Morgan fingerprint density at radius 3 is 2.65 bits per heavy atom. The lowest BCUT2D eigenvalue weighted by molar-refractivity contribution is 0.0688. The number of benzene rings is 1. The van der Waals surface area contributed by atoms with Crippen molar-refractivity contribution >= 4 is 16.9 Å². The molecule has 1 amide bonds. The summed E-state index contributed by atoms with van der Waals surface area (Å²) in [5.74, 6) is -0.596. The first-order valence-electron chi connectivity index (χ1n) is 6.35. The van der Waals surface area contributed by atoms with Crippen LogP contribution in [0.15, 0.2) is 39.5 Å². The highest BCUT2D eigenvalue weighted by Gasteiger charge is 2.27. The fourth-order valence-electron chi connectivity index (χ4n) is 1.67. The Bertz CT molecular complexity index is 700. The van der Waals surface area contributed by atoms with Gasteiger partial charge in [-0.2, -0.15) is 0 Å². The molecule has 0 fully saturated rings. The SMILES string of the molecule is CC(O)C(C)(C)NC(=O)c1cc(=O)c2ccccc2o1. The van der Waals surface area contributed by atoms with Gasteiger partial charge < -0.3 is 14.8 Å². The Morgan fingerprint density at radius 1 is 1.35 bits per heavy atom. The third-order valence-corrected chi connectivity index (χ3v) is 3.34. The molecule has 1 heterocycles. The zero-order valence-corrected chi connectivity index (χ0v) is 11.6. The predicted molar refractivity (Wildman–Crippen MR) is 75.7 cm³/mol. The monoisotopic (exact) mass is 275 g/mol. The van der Waals surface area contributed by atoms with Gasteiger partial charge in [-0.05, 0) is 32.9 Å². The van der Waals surface area contributed by atoms with Crippen LogP contribution >= 0.6 is 0 Å². The lowest BCUT2D eigenvalue weighted by atomic mass is 9.98. The van der Waals surface area contributed by atoms with Crippen LogP contribution in [0.5, 0.6) is 0 Å². The van der Waals surface area contributed by atoms with Gasteiger partial charge >= 0.3 is 0 Å². The molecule has 1 aromatic heterocycles. The van der Waals surface area contributed by atoms with Gasteiger partial charge in [-0.15, -0.1) is 0 Å². The van der Waals surface area contributed by atoms with E-state index in [1.165, 1.54) is 0 Å². The summed E-state index contributed by atoms with van der Waals surface area (Å²) in [7, 11) is 0. The van der Waals surface area contributed by atoms with E-state index in [1.807, 2.05) is 0 Å². The second kappa shape index (κ2) is 5.09. The summed E-state index contributed by atoms with van der Waals surface area (Å²) in [6.45, 7) is 4.96. The van der Waals surface area contributed by atoms with E-state index in [9.17, 15) is 14.7 Å². The van der Waals surface area contributed by atoms with Gasteiger partial charge in [0.2, 0.25) is 0 Å². The molecule has 20 heavy (non-hydrogen) atoms. The van der Waals surface area contributed by atoms with Crippen molar-refractivity contribution in [3.05, 3.63) is 46.3 Å². The summed E-state index contributed by atoms with van der Waals surface area (Å²) < 4.78 is 5.44. The van der Waals surface area contributed by atoms with Crippen molar-refractivity contribution in [1.29, 1.82) is 0 Å². The average molecular weight is 275 g/mol. The second-order valence-electron chi connectivity index (χ2n) is 5.32. The second-order valence-corrected chi connectivity index (χ2v) is 5.32. The van der Waals surface area contributed by atoms with Crippen LogP contribution in [0.3, 0.4) is 0 Å². The normalized spacial score (nSPS) is 13.2. The van der Waals surface area contributed by atoms with E-state index in [1.54, 1.807) is 45.0 Å². The highest BCUT2D eigenvalue weighted by Crippen LogP contribution is 2.14. The molecule has 0 radical (unpaired) electrons. The lowest BCUT2D eigenvalue weighted by Gasteiger charge is -2.28. The number of fused-ring (bicyclic) bond motifs is 1. The number of carbonyl (C=O) groups excluding carboxylic acids is 1. The van der Waals surface area contributed by atoms with E-state index in [0.717, 1.165) is 6.07 Å². The summed E-state index contributed by atoms with van der Waals surface area (Å²) in [5, 5.41) is 12.7. The molecule has 2 aromatic rings. The van der Waals surface area contributed by atoms with Crippen molar-refractivity contribution < 1.29 is 14.3 Å². The molecule has 0 saturated heterocycles. The zero-order valence-electron chi connectivity index (χ0n) is 11.6. The minimum atomic E-state index is -0.818. The van der Waals surface area contributed by atoms with Crippen LogP contribution in [0.4, 0.5) is 0 Å². The number of carbonyl (C=O) groups is 1. The maximum atomic E-state index is 12.1. The van der Waals surface area contributed by atoms with Gasteiger partial charge in [-0.3, -0.25) is 9.59 Å². The van der Waals surface area contributed by atoms with Crippen LogP contribution in [0.25, 0.3) is 11.0 Å². The van der Waals surface area contributed by atoms with Gasteiger partial charge in [0.05, 0.1) is 17.0 Å². The molecule has 0 spiro atoms. The van der Waals surface area contributed by atoms with E-state index in [2.05, 4.69) is 5.32 Å². The lowest BCUT2D eigenvalue weighted by Crippen LogP contribution is -2.51. The van der Waals surface area contributed by atoms with Gasteiger partial charge in [0.1, 0.15) is 5.58 Å². The molecule has 106 valence electrons. The summed E-state index contributed by atoms with van der Waals surface area (Å²) in [4.78, 5) is 24.0. The van der Waals surface area contributed by atoms with Crippen LogP contribution in [0, 0.1) is 0 Å². The molecule has 0 aliphatic heterocycles. The molecule has 5 heteroatoms. The van der Waals surface area contributed by atoms with Gasteiger partial charge in [0.25, 0.3) is 5.91 Å². The smallest absolute Gasteiger partial charge is 0.287 e. The summed E-state index contributed by atoms with van der Waals surface area (Å²) in [5.41, 5.74) is -0.728. The van der Waals surface area contributed by atoms with Crippen molar-refractivity contribution in [2.24, 2.45) is 0 Å². The summed E-state index contributed by atoms with van der Waals surface area (Å²) in [6, 6.07) is 7.90. The Balaban J connectivity index is 2.39. The number of rotatable bonds is 3.